The van der Waals surface area contributed by atoms with E-state index in [0.717, 1.165) is 64.2 Å². The van der Waals surface area contributed by atoms with Crippen LogP contribution in [0.15, 0.2) is 36.5 Å². The van der Waals surface area contributed by atoms with Crippen molar-refractivity contribution < 1.29 is 24.5 Å². The van der Waals surface area contributed by atoms with E-state index < -0.39 is 12.1 Å². The zero-order valence-electron chi connectivity index (χ0n) is 42.8. The zero-order chi connectivity index (χ0) is 46.5. The number of hydrogen-bond donors (Lipinski definition) is 3. The molecule has 0 saturated carbocycles. The Bertz CT molecular complexity index is 1040. The number of aliphatic hydroxyl groups is 2. The number of allylic oxidation sites excluding steroid dienone is 5. The van der Waals surface area contributed by atoms with Crippen molar-refractivity contribution in [2.45, 2.75) is 309 Å². The van der Waals surface area contributed by atoms with E-state index in [0.29, 0.717) is 19.4 Å². The van der Waals surface area contributed by atoms with Crippen molar-refractivity contribution in [3.05, 3.63) is 36.5 Å². The molecule has 1 amide bonds. The van der Waals surface area contributed by atoms with Crippen LogP contribution in [0.3, 0.4) is 0 Å². The van der Waals surface area contributed by atoms with E-state index in [1.165, 1.54) is 205 Å². The van der Waals surface area contributed by atoms with Gasteiger partial charge in [0.1, 0.15) is 0 Å². The predicted octanol–water partition coefficient (Wildman–Crippen LogP) is 17.2. The summed E-state index contributed by atoms with van der Waals surface area (Å²) in [4.78, 5) is 24.5. The first kappa shape index (κ1) is 62.1. The summed E-state index contributed by atoms with van der Waals surface area (Å²) in [6, 6.07) is -0.635. The number of esters is 1. The molecule has 0 rings (SSSR count). The van der Waals surface area contributed by atoms with Gasteiger partial charge in [-0.3, -0.25) is 9.59 Å². The lowest BCUT2D eigenvalue weighted by Crippen LogP contribution is -2.45. The third kappa shape index (κ3) is 49.5. The summed E-state index contributed by atoms with van der Waals surface area (Å²) in [6.45, 7) is 4.86. The summed E-state index contributed by atoms with van der Waals surface area (Å²) >= 11 is 0. The van der Waals surface area contributed by atoms with Crippen molar-refractivity contribution in [2.24, 2.45) is 0 Å². The van der Waals surface area contributed by atoms with Crippen molar-refractivity contribution in [1.82, 2.24) is 5.32 Å². The van der Waals surface area contributed by atoms with Gasteiger partial charge in [-0.1, -0.05) is 256 Å². The minimum Gasteiger partial charge on any atom is -0.466 e. The van der Waals surface area contributed by atoms with Gasteiger partial charge in [-0.25, -0.2) is 0 Å². The molecule has 2 atom stereocenters. The summed E-state index contributed by atoms with van der Waals surface area (Å²) in [5.41, 5.74) is 0. The van der Waals surface area contributed by atoms with Gasteiger partial charge in [0.25, 0.3) is 0 Å². The Labute approximate surface area is 398 Å². The molecule has 0 aromatic heterocycles. The molecule has 0 aromatic carbocycles. The van der Waals surface area contributed by atoms with Crippen molar-refractivity contribution in [1.29, 1.82) is 0 Å². The molecule has 3 N–H and O–H groups in total. The van der Waals surface area contributed by atoms with E-state index in [1.807, 2.05) is 6.08 Å². The molecule has 0 saturated heterocycles. The molecular formula is C58H109NO5. The number of unbranched alkanes of at least 4 members (excludes halogenated alkanes) is 37. The normalized spacial score (nSPS) is 12.9. The molecule has 2 unspecified atom stereocenters. The summed E-state index contributed by atoms with van der Waals surface area (Å²) < 4.78 is 5.46. The number of carbonyl (C=O) groups is 2. The molecule has 0 aliphatic carbocycles. The zero-order valence-corrected chi connectivity index (χ0v) is 42.8. The van der Waals surface area contributed by atoms with Crippen LogP contribution >= 0.6 is 0 Å². The van der Waals surface area contributed by atoms with E-state index in [1.54, 1.807) is 6.08 Å². The highest BCUT2D eigenvalue weighted by molar-refractivity contribution is 5.76. The van der Waals surface area contributed by atoms with E-state index in [2.05, 4.69) is 43.5 Å². The number of amides is 1. The van der Waals surface area contributed by atoms with Crippen LogP contribution in [-0.2, 0) is 14.3 Å². The SMILES string of the molecule is CCCCC/C=C\C/C=C\CCCCCCCC(=O)OCCCCCCCCCCCCCCCCCC(=O)NC(CO)C(O)/C=C/CCCCCCCCCCCCCCCCC. The number of rotatable bonds is 52. The van der Waals surface area contributed by atoms with Gasteiger partial charge in [0.15, 0.2) is 0 Å². The Morgan fingerprint density at radius 1 is 0.438 bits per heavy atom. The molecular weight excluding hydrogens is 791 g/mol. The standard InChI is InChI=1S/C58H109NO5/c1-3-5-7-9-11-13-15-17-19-20-23-26-30-34-38-42-46-50-56(61)55(54-60)59-57(62)51-47-43-39-35-31-27-24-21-25-29-33-37-41-45-49-53-64-58(63)52-48-44-40-36-32-28-22-18-16-14-12-10-8-6-4-2/h12,14,18,22,46,50,55-56,60-61H,3-11,13,15-17,19-21,23-45,47-49,51-54H2,1-2H3,(H,59,62)/b14-12-,22-18-,50-46+. The second-order valence-electron chi connectivity index (χ2n) is 19.3. The third-order valence-corrected chi connectivity index (χ3v) is 12.9. The molecule has 0 aliphatic rings. The highest BCUT2D eigenvalue weighted by Crippen LogP contribution is 2.16. The van der Waals surface area contributed by atoms with Crippen molar-refractivity contribution in [3.63, 3.8) is 0 Å². The van der Waals surface area contributed by atoms with Crippen molar-refractivity contribution >= 4 is 11.9 Å². The highest BCUT2D eigenvalue weighted by atomic mass is 16.5. The molecule has 0 aromatic rings. The molecule has 0 heterocycles. The predicted molar refractivity (Wildman–Crippen MR) is 278 cm³/mol. The molecule has 0 bridgehead atoms. The third-order valence-electron chi connectivity index (χ3n) is 12.9. The van der Waals surface area contributed by atoms with E-state index >= 15 is 0 Å². The highest BCUT2D eigenvalue weighted by Gasteiger charge is 2.18. The summed E-state index contributed by atoms with van der Waals surface area (Å²) in [6.07, 6.45) is 65.8. The monoisotopic (exact) mass is 900 g/mol. The second kappa shape index (κ2) is 53.7. The van der Waals surface area contributed by atoms with Gasteiger partial charge in [0, 0.05) is 12.8 Å². The Morgan fingerprint density at radius 2 is 0.781 bits per heavy atom. The lowest BCUT2D eigenvalue weighted by molar-refractivity contribution is -0.143. The quantitative estimate of drug-likeness (QED) is 0.0321. The lowest BCUT2D eigenvalue weighted by atomic mass is 10.0. The maximum Gasteiger partial charge on any atom is 0.305 e. The lowest BCUT2D eigenvalue weighted by Gasteiger charge is -2.20. The first-order valence-electron chi connectivity index (χ1n) is 28.3. The summed E-state index contributed by atoms with van der Waals surface area (Å²) in [7, 11) is 0. The van der Waals surface area contributed by atoms with E-state index in [4.69, 9.17) is 4.74 Å². The molecule has 6 heteroatoms. The summed E-state index contributed by atoms with van der Waals surface area (Å²) in [5.74, 6) is -0.0906. The smallest absolute Gasteiger partial charge is 0.305 e. The first-order valence-corrected chi connectivity index (χ1v) is 28.3. The average molecular weight is 901 g/mol. The van der Waals surface area contributed by atoms with Crippen LogP contribution in [0.1, 0.15) is 296 Å². The fraction of sp³-hybridized carbons (Fsp3) is 0.862. The molecule has 0 radical (unpaired) electrons. The van der Waals surface area contributed by atoms with Gasteiger partial charge < -0.3 is 20.3 Å². The van der Waals surface area contributed by atoms with Crippen LogP contribution in [0.4, 0.5) is 0 Å². The second-order valence-corrected chi connectivity index (χ2v) is 19.3. The molecule has 0 fully saturated rings. The average Bonchev–Trinajstić information content (AvgIpc) is 3.29. The first-order chi connectivity index (χ1) is 31.5. The Hall–Kier alpha value is -1.92. The minimum absolute atomic E-state index is 0.0146. The van der Waals surface area contributed by atoms with Gasteiger partial charge in [-0.2, -0.15) is 0 Å². The van der Waals surface area contributed by atoms with Crippen molar-refractivity contribution in [2.75, 3.05) is 13.2 Å². The maximum absolute atomic E-state index is 12.5. The molecule has 0 spiro atoms. The van der Waals surface area contributed by atoms with Gasteiger partial charge >= 0.3 is 5.97 Å². The summed E-state index contributed by atoms with van der Waals surface area (Å²) in [5, 5.41) is 23.1. The Morgan fingerprint density at radius 3 is 1.22 bits per heavy atom. The topological polar surface area (TPSA) is 95.9 Å². The van der Waals surface area contributed by atoms with Crippen LogP contribution < -0.4 is 5.32 Å². The molecule has 0 aliphatic heterocycles. The van der Waals surface area contributed by atoms with Crippen LogP contribution in [0.5, 0.6) is 0 Å². The van der Waals surface area contributed by atoms with E-state index in [9.17, 15) is 19.8 Å². The van der Waals surface area contributed by atoms with Crippen LogP contribution in [-0.4, -0.2) is 47.4 Å². The van der Waals surface area contributed by atoms with Crippen molar-refractivity contribution in [3.8, 4) is 0 Å². The van der Waals surface area contributed by atoms with Gasteiger partial charge in [-0.15, -0.1) is 0 Å². The fourth-order valence-electron chi connectivity index (χ4n) is 8.55. The molecule has 64 heavy (non-hydrogen) atoms. The van der Waals surface area contributed by atoms with Gasteiger partial charge in [-0.05, 0) is 64.2 Å². The van der Waals surface area contributed by atoms with Crippen LogP contribution in [0, 0.1) is 0 Å². The molecule has 376 valence electrons. The van der Waals surface area contributed by atoms with Crippen LogP contribution in [0.25, 0.3) is 0 Å². The number of nitrogens with one attached hydrogen (secondary N) is 1. The van der Waals surface area contributed by atoms with E-state index in [-0.39, 0.29) is 18.5 Å². The van der Waals surface area contributed by atoms with Crippen LogP contribution in [0.2, 0.25) is 0 Å². The maximum atomic E-state index is 12.5. The minimum atomic E-state index is -0.851. The fourth-order valence-corrected chi connectivity index (χ4v) is 8.55. The van der Waals surface area contributed by atoms with Gasteiger partial charge in [0.05, 0.1) is 25.4 Å². The van der Waals surface area contributed by atoms with Gasteiger partial charge in [0.2, 0.25) is 5.91 Å². The number of ether oxygens (including phenoxy) is 1. The molecule has 6 nitrogen and oxygen atoms in total. The number of carbonyl (C=O) groups excluding carboxylic acids is 2. The largest absolute Gasteiger partial charge is 0.466 e. The number of aliphatic hydroxyl groups excluding tert-OH is 2. The Kier molecular flexibility index (Phi) is 52.1. The number of hydrogen-bond acceptors (Lipinski definition) is 5. The Balaban J connectivity index is 3.48.